The quantitative estimate of drug-likeness (QED) is 0.704. The van der Waals surface area contributed by atoms with Crippen LogP contribution < -0.4 is 11.3 Å². The number of hydrogen-bond acceptors (Lipinski definition) is 4. The lowest BCUT2D eigenvalue weighted by Crippen LogP contribution is -2.41. The third-order valence-electron chi connectivity index (χ3n) is 2.55. The van der Waals surface area contributed by atoms with Crippen molar-refractivity contribution in [1.29, 1.82) is 0 Å². The Bertz CT molecular complexity index is 245. The largest absolute Gasteiger partial charge is 0.384 e. The highest BCUT2D eigenvalue weighted by Crippen LogP contribution is 2.13. The minimum absolute atomic E-state index is 0.840. The van der Waals surface area contributed by atoms with Crippen LogP contribution in [0.3, 0.4) is 0 Å². The van der Waals surface area contributed by atoms with Crippen LogP contribution in [-0.4, -0.2) is 17.8 Å². The maximum Gasteiger partial charge on any atom is 0.124 e. The standard InChI is InChI=1S/C11H22N4/c1-3-5-7-10-9-13-14-15(11(10)12)8-6-4-2/h9,14H,3-8,12H2,1-2H3. The molecular weight excluding hydrogens is 188 g/mol. The fraction of sp³-hybridized carbons (Fsp3) is 0.727. The highest BCUT2D eigenvalue weighted by Gasteiger charge is 2.12. The van der Waals surface area contributed by atoms with Gasteiger partial charge in [-0.2, -0.15) is 5.10 Å². The number of nitrogens with two attached hydrogens (primary N) is 1. The minimum Gasteiger partial charge on any atom is -0.384 e. The molecule has 0 fully saturated rings. The van der Waals surface area contributed by atoms with Crippen molar-refractivity contribution < 1.29 is 0 Å². The fourth-order valence-corrected chi connectivity index (χ4v) is 1.52. The molecule has 0 unspecified atom stereocenters. The lowest BCUT2D eigenvalue weighted by atomic mass is 10.1. The summed E-state index contributed by atoms with van der Waals surface area (Å²) in [5.74, 6) is 0.840. The van der Waals surface area contributed by atoms with Crippen molar-refractivity contribution in [3.8, 4) is 0 Å². The number of hydrazone groups is 1. The van der Waals surface area contributed by atoms with E-state index in [1.165, 1.54) is 19.3 Å². The summed E-state index contributed by atoms with van der Waals surface area (Å²) in [6.07, 6.45) is 7.52. The zero-order valence-corrected chi connectivity index (χ0v) is 9.79. The Kier molecular flexibility index (Phi) is 5.01. The maximum absolute atomic E-state index is 6.06. The molecule has 0 bridgehead atoms. The van der Waals surface area contributed by atoms with Gasteiger partial charge < -0.3 is 5.73 Å². The molecule has 4 nitrogen and oxygen atoms in total. The van der Waals surface area contributed by atoms with Crippen LogP contribution in [0.5, 0.6) is 0 Å². The van der Waals surface area contributed by atoms with Crippen molar-refractivity contribution in [2.24, 2.45) is 10.8 Å². The first kappa shape index (κ1) is 11.9. The van der Waals surface area contributed by atoms with Crippen molar-refractivity contribution in [2.75, 3.05) is 6.54 Å². The Labute approximate surface area is 92.2 Å². The van der Waals surface area contributed by atoms with E-state index in [9.17, 15) is 0 Å². The van der Waals surface area contributed by atoms with Gasteiger partial charge in [-0.25, -0.2) is 5.53 Å². The molecular formula is C11H22N4. The third-order valence-corrected chi connectivity index (χ3v) is 2.55. The first-order chi connectivity index (χ1) is 7.29. The van der Waals surface area contributed by atoms with E-state index >= 15 is 0 Å². The Morgan fingerprint density at radius 1 is 1.33 bits per heavy atom. The molecule has 0 amide bonds. The number of rotatable bonds is 6. The molecule has 0 saturated heterocycles. The fourth-order valence-electron chi connectivity index (χ4n) is 1.52. The predicted molar refractivity (Wildman–Crippen MR) is 64.0 cm³/mol. The van der Waals surface area contributed by atoms with Crippen LogP contribution in [0.25, 0.3) is 0 Å². The van der Waals surface area contributed by atoms with Crippen LogP contribution in [-0.2, 0) is 0 Å². The average Bonchev–Trinajstić information content (AvgIpc) is 2.26. The monoisotopic (exact) mass is 210 g/mol. The van der Waals surface area contributed by atoms with E-state index in [-0.39, 0.29) is 0 Å². The lowest BCUT2D eigenvalue weighted by Gasteiger charge is -2.28. The van der Waals surface area contributed by atoms with Crippen molar-refractivity contribution in [3.63, 3.8) is 0 Å². The summed E-state index contributed by atoms with van der Waals surface area (Å²) in [6.45, 7) is 5.28. The van der Waals surface area contributed by atoms with Crippen molar-refractivity contribution >= 4 is 6.21 Å². The molecule has 0 spiro atoms. The number of hydrogen-bond donors (Lipinski definition) is 2. The molecule has 0 aromatic rings. The van der Waals surface area contributed by atoms with Crippen LogP contribution in [0.1, 0.15) is 46.0 Å². The van der Waals surface area contributed by atoms with Gasteiger partial charge in [0.05, 0.1) is 6.21 Å². The van der Waals surface area contributed by atoms with Gasteiger partial charge in [0.2, 0.25) is 0 Å². The number of hydrazine groups is 1. The maximum atomic E-state index is 6.06. The van der Waals surface area contributed by atoms with E-state index in [2.05, 4.69) is 24.5 Å². The van der Waals surface area contributed by atoms with Crippen molar-refractivity contribution in [3.05, 3.63) is 11.4 Å². The summed E-state index contributed by atoms with van der Waals surface area (Å²) in [5, 5.41) is 6.05. The summed E-state index contributed by atoms with van der Waals surface area (Å²) < 4.78 is 0. The molecule has 1 aliphatic rings. The molecule has 0 atom stereocenters. The zero-order chi connectivity index (χ0) is 11.1. The third kappa shape index (κ3) is 3.46. The van der Waals surface area contributed by atoms with E-state index in [1.807, 2.05) is 11.2 Å². The van der Waals surface area contributed by atoms with E-state index in [4.69, 9.17) is 5.73 Å². The van der Waals surface area contributed by atoms with Crippen molar-refractivity contribution in [2.45, 2.75) is 46.0 Å². The summed E-state index contributed by atoms with van der Waals surface area (Å²) in [7, 11) is 0. The molecule has 0 aromatic carbocycles. The Morgan fingerprint density at radius 3 is 2.73 bits per heavy atom. The van der Waals surface area contributed by atoms with E-state index < -0.39 is 0 Å². The highest BCUT2D eigenvalue weighted by atomic mass is 15.7. The van der Waals surface area contributed by atoms with Gasteiger partial charge in [-0.1, -0.05) is 26.7 Å². The van der Waals surface area contributed by atoms with Gasteiger partial charge in [-0.05, 0) is 19.3 Å². The summed E-state index contributed by atoms with van der Waals surface area (Å²) in [5.41, 5.74) is 10.1. The van der Waals surface area contributed by atoms with E-state index in [0.717, 1.165) is 30.8 Å². The predicted octanol–water partition coefficient (Wildman–Crippen LogP) is 1.95. The van der Waals surface area contributed by atoms with Gasteiger partial charge in [0, 0.05) is 12.1 Å². The average molecular weight is 210 g/mol. The Balaban J connectivity index is 2.54. The molecule has 4 heteroatoms. The van der Waals surface area contributed by atoms with Crippen LogP contribution in [0.4, 0.5) is 0 Å². The van der Waals surface area contributed by atoms with Crippen LogP contribution in [0.15, 0.2) is 16.5 Å². The van der Waals surface area contributed by atoms with Crippen LogP contribution in [0, 0.1) is 0 Å². The summed E-state index contributed by atoms with van der Waals surface area (Å²) in [6, 6.07) is 0. The topological polar surface area (TPSA) is 53.6 Å². The van der Waals surface area contributed by atoms with Crippen molar-refractivity contribution in [1.82, 2.24) is 10.5 Å². The molecule has 1 heterocycles. The molecule has 1 rings (SSSR count). The van der Waals surface area contributed by atoms with E-state index in [1.54, 1.807) is 0 Å². The second kappa shape index (κ2) is 6.32. The molecule has 0 saturated carbocycles. The van der Waals surface area contributed by atoms with Gasteiger partial charge >= 0.3 is 0 Å². The molecule has 0 aliphatic carbocycles. The minimum atomic E-state index is 0.840. The van der Waals surface area contributed by atoms with Gasteiger partial charge in [0.15, 0.2) is 0 Å². The van der Waals surface area contributed by atoms with Crippen LogP contribution in [0.2, 0.25) is 0 Å². The Morgan fingerprint density at radius 2 is 2.07 bits per heavy atom. The summed E-state index contributed by atoms with van der Waals surface area (Å²) >= 11 is 0. The molecule has 15 heavy (non-hydrogen) atoms. The van der Waals surface area contributed by atoms with Gasteiger partial charge in [-0.15, -0.1) is 0 Å². The SMILES string of the molecule is CCCCC1=C(N)N(CCCC)NN=C1. The number of allylic oxidation sites excluding steroid dienone is 1. The second-order valence-corrected chi connectivity index (χ2v) is 3.88. The molecule has 86 valence electrons. The first-order valence-electron chi connectivity index (χ1n) is 5.84. The lowest BCUT2D eigenvalue weighted by molar-refractivity contribution is 0.237. The molecule has 3 N–H and O–H groups in total. The molecule has 1 aliphatic heterocycles. The molecule has 0 aromatic heterocycles. The number of nitrogens with zero attached hydrogens (tertiary/aromatic N) is 2. The van der Waals surface area contributed by atoms with Gasteiger partial charge in [-0.3, -0.25) is 5.01 Å². The normalized spacial score (nSPS) is 15.7. The number of nitrogens with one attached hydrogen (secondary N) is 1. The van der Waals surface area contributed by atoms with Crippen LogP contribution >= 0.6 is 0 Å². The zero-order valence-electron chi connectivity index (χ0n) is 9.79. The smallest absolute Gasteiger partial charge is 0.124 e. The Hall–Kier alpha value is -1.19. The van der Waals surface area contributed by atoms with Gasteiger partial charge in [0.25, 0.3) is 0 Å². The summed E-state index contributed by atoms with van der Waals surface area (Å²) in [4.78, 5) is 0. The van der Waals surface area contributed by atoms with Gasteiger partial charge in [0.1, 0.15) is 5.82 Å². The molecule has 0 radical (unpaired) electrons. The number of unbranched alkanes of at least 4 members (excludes halogenated alkanes) is 2. The highest BCUT2D eigenvalue weighted by molar-refractivity contribution is 5.79. The first-order valence-corrected chi connectivity index (χ1v) is 5.84. The van der Waals surface area contributed by atoms with E-state index in [0.29, 0.717) is 0 Å². The second-order valence-electron chi connectivity index (χ2n) is 3.88.